The van der Waals surface area contributed by atoms with Gasteiger partial charge in [0.05, 0.1) is 5.60 Å². The minimum Gasteiger partial charge on any atom is -0.462 e. The average Bonchev–Trinajstić information content (AvgIpc) is 2.27. The first-order valence-corrected chi connectivity index (χ1v) is 6.71. The SMILES string of the molecule is CC(=O)O[C@@H]1CC[C@H](C)[C@]2(O)CC(=O)CC[C@@]12C. The van der Waals surface area contributed by atoms with Crippen LogP contribution >= 0.6 is 0 Å². The van der Waals surface area contributed by atoms with E-state index in [1.54, 1.807) is 0 Å². The summed E-state index contributed by atoms with van der Waals surface area (Å²) >= 11 is 0. The van der Waals surface area contributed by atoms with E-state index in [1.807, 2.05) is 13.8 Å². The summed E-state index contributed by atoms with van der Waals surface area (Å²) in [7, 11) is 0. The van der Waals surface area contributed by atoms with Crippen LogP contribution in [0, 0.1) is 11.3 Å². The van der Waals surface area contributed by atoms with Crippen LogP contribution in [0.15, 0.2) is 0 Å². The van der Waals surface area contributed by atoms with Gasteiger partial charge in [-0.25, -0.2) is 0 Å². The van der Waals surface area contributed by atoms with Gasteiger partial charge in [0.15, 0.2) is 0 Å². The number of rotatable bonds is 1. The van der Waals surface area contributed by atoms with Crippen molar-refractivity contribution in [2.45, 2.75) is 64.6 Å². The Labute approximate surface area is 108 Å². The topological polar surface area (TPSA) is 63.6 Å². The van der Waals surface area contributed by atoms with Gasteiger partial charge < -0.3 is 9.84 Å². The Hall–Kier alpha value is -0.900. The van der Waals surface area contributed by atoms with Gasteiger partial charge in [0.2, 0.25) is 0 Å². The average molecular weight is 254 g/mol. The van der Waals surface area contributed by atoms with Crippen LogP contribution in [-0.4, -0.2) is 28.6 Å². The molecule has 0 aromatic carbocycles. The number of carbonyl (C=O) groups excluding carboxylic acids is 2. The van der Waals surface area contributed by atoms with E-state index in [0.29, 0.717) is 12.8 Å². The Morgan fingerprint density at radius 1 is 1.44 bits per heavy atom. The van der Waals surface area contributed by atoms with Crippen LogP contribution in [0.5, 0.6) is 0 Å². The molecule has 0 aromatic rings. The molecule has 0 spiro atoms. The van der Waals surface area contributed by atoms with Gasteiger partial charge in [-0.05, 0) is 25.2 Å². The van der Waals surface area contributed by atoms with E-state index < -0.39 is 11.0 Å². The van der Waals surface area contributed by atoms with Gasteiger partial charge in [-0.3, -0.25) is 9.59 Å². The van der Waals surface area contributed by atoms with Gasteiger partial charge >= 0.3 is 5.97 Å². The van der Waals surface area contributed by atoms with Crippen molar-refractivity contribution in [3.8, 4) is 0 Å². The van der Waals surface area contributed by atoms with E-state index in [2.05, 4.69) is 0 Å². The van der Waals surface area contributed by atoms with Crippen molar-refractivity contribution < 1.29 is 19.4 Å². The van der Waals surface area contributed by atoms with Crippen molar-refractivity contribution >= 4 is 11.8 Å². The summed E-state index contributed by atoms with van der Waals surface area (Å²) in [5.74, 6) is -0.126. The third kappa shape index (κ3) is 1.87. The normalized spacial score (nSPS) is 44.3. The predicted molar refractivity (Wildman–Crippen MR) is 65.9 cm³/mol. The number of aliphatic hydroxyl groups is 1. The molecule has 0 bridgehead atoms. The number of ketones is 1. The quantitative estimate of drug-likeness (QED) is 0.725. The number of hydrogen-bond acceptors (Lipinski definition) is 4. The Kier molecular flexibility index (Phi) is 3.26. The highest BCUT2D eigenvalue weighted by atomic mass is 16.5. The lowest BCUT2D eigenvalue weighted by atomic mass is 9.52. The van der Waals surface area contributed by atoms with E-state index in [4.69, 9.17) is 4.74 Å². The lowest BCUT2D eigenvalue weighted by Crippen LogP contribution is -2.63. The zero-order chi connectivity index (χ0) is 13.6. The molecule has 0 saturated heterocycles. The highest BCUT2D eigenvalue weighted by molar-refractivity contribution is 5.81. The van der Waals surface area contributed by atoms with Crippen LogP contribution in [0.25, 0.3) is 0 Å². The molecule has 0 aliphatic heterocycles. The molecule has 0 amide bonds. The first-order chi connectivity index (χ1) is 8.29. The molecule has 18 heavy (non-hydrogen) atoms. The number of fused-ring (bicyclic) bond motifs is 1. The molecule has 0 unspecified atom stereocenters. The summed E-state index contributed by atoms with van der Waals surface area (Å²) in [6.07, 6.45) is 2.56. The van der Waals surface area contributed by atoms with E-state index in [9.17, 15) is 14.7 Å². The molecule has 2 fully saturated rings. The zero-order valence-corrected chi connectivity index (χ0v) is 11.4. The second kappa shape index (κ2) is 4.34. The molecule has 102 valence electrons. The van der Waals surface area contributed by atoms with Crippen molar-refractivity contribution in [1.29, 1.82) is 0 Å². The molecular weight excluding hydrogens is 232 g/mol. The van der Waals surface area contributed by atoms with Gasteiger partial charge in [-0.15, -0.1) is 0 Å². The number of esters is 1. The number of hydrogen-bond donors (Lipinski definition) is 1. The minimum absolute atomic E-state index is 0.0681. The molecular formula is C14H22O4. The molecule has 0 heterocycles. The fourth-order valence-corrected chi connectivity index (χ4v) is 3.73. The third-order valence-electron chi connectivity index (χ3n) is 5.07. The van der Waals surface area contributed by atoms with Crippen molar-refractivity contribution in [2.24, 2.45) is 11.3 Å². The highest BCUT2D eigenvalue weighted by Gasteiger charge is 2.60. The Morgan fingerprint density at radius 2 is 2.11 bits per heavy atom. The molecule has 1 N–H and O–H groups in total. The molecule has 2 aliphatic rings. The number of Topliss-reactive ketones (excluding diaryl/α,β-unsaturated/α-hetero) is 1. The van der Waals surface area contributed by atoms with Crippen LogP contribution in [0.1, 0.15) is 52.9 Å². The smallest absolute Gasteiger partial charge is 0.302 e. The molecule has 0 aromatic heterocycles. The van der Waals surface area contributed by atoms with Crippen LogP contribution in [-0.2, 0) is 14.3 Å². The Balaban J connectivity index is 2.33. The Morgan fingerprint density at radius 3 is 2.72 bits per heavy atom. The monoisotopic (exact) mass is 254 g/mol. The van der Waals surface area contributed by atoms with Gasteiger partial charge in [0.1, 0.15) is 11.9 Å². The summed E-state index contributed by atoms with van der Waals surface area (Å²) in [5.41, 5.74) is -1.52. The summed E-state index contributed by atoms with van der Waals surface area (Å²) < 4.78 is 5.40. The van der Waals surface area contributed by atoms with E-state index >= 15 is 0 Å². The van der Waals surface area contributed by atoms with Crippen LogP contribution in [0.3, 0.4) is 0 Å². The summed E-state index contributed by atoms with van der Waals surface area (Å²) in [5, 5.41) is 11.0. The molecule has 4 atom stereocenters. The first-order valence-electron chi connectivity index (χ1n) is 6.71. The molecule has 2 aliphatic carbocycles. The van der Waals surface area contributed by atoms with Crippen molar-refractivity contribution in [3.63, 3.8) is 0 Å². The predicted octanol–water partition coefficient (Wildman–Crippen LogP) is 1.84. The minimum atomic E-state index is -1.03. The van der Waals surface area contributed by atoms with Crippen molar-refractivity contribution in [2.75, 3.05) is 0 Å². The number of ether oxygens (including phenoxy) is 1. The van der Waals surface area contributed by atoms with Gasteiger partial charge in [-0.1, -0.05) is 13.8 Å². The fraction of sp³-hybridized carbons (Fsp3) is 0.857. The first kappa shape index (κ1) is 13.5. The van der Waals surface area contributed by atoms with E-state index in [-0.39, 0.29) is 30.2 Å². The lowest BCUT2D eigenvalue weighted by molar-refractivity contribution is -0.219. The maximum atomic E-state index is 11.7. The van der Waals surface area contributed by atoms with Gasteiger partial charge in [0, 0.05) is 25.2 Å². The van der Waals surface area contributed by atoms with Crippen molar-refractivity contribution in [3.05, 3.63) is 0 Å². The summed E-state index contributed by atoms with van der Waals surface area (Å²) in [4.78, 5) is 22.9. The largest absolute Gasteiger partial charge is 0.462 e. The maximum absolute atomic E-state index is 11.7. The van der Waals surface area contributed by atoms with Crippen LogP contribution < -0.4 is 0 Å². The zero-order valence-electron chi connectivity index (χ0n) is 11.4. The second-order valence-electron chi connectivity index (χ2n) is 6.13. The fourth-order valence-electron chi connectivity index (χ4n) is 3.73. The standard InChI is InChI=1S/C14H22O4/c1-9-4-5-12(18-10(2)15)13(3)7-6-11(16)8-14(9,13)17/h9,12,17H,4-8H2,1-3H3/t9-,12+,13-,14+/m0/s1. The molecule has 2 saturated carbocycles. The third-order valence-corrected chi connectivity index (χ3v) is 5.07. The number of carbonyl (C=O) groups is 2. The van der Waals surface area contributed by atoms with E-state index in [1.165, 1.54) is 6.92 Å². The highest BCUT2D eigenvalue weighted by Crippen LogP contribution is 2.55. The van der Waals surface area contributed by atoms with E-state index in [0.717, 1.165) is 12.8 Å². The summed E-state index contributed by atoms with van der Waals surface area (Å²) in [6, 6.07) is 0. The molecule has 4 heteroatoms. The summed E-state index contributed by atoms with van der Waals surface area (Å²) in [6.45, 7) is 5.35. The van der Waals surface area contributed by atoms with Gasteiger partial charge in [-0.2, -0.15) is 0 Å². The van der Waals surface area contributed by atoms with Crippen LogP contribution in [0.4, 0.5) is 0 Å². The molecule has 2 rings (SSSR count). The van der Waals surface area contributed by atoms with Crippen LogP contribution in [0.2, 0.25) is 0 Å². The second-order valence-corrected chi connectivity index (χ2v) is 6.13. The molecule has 4 nitrogen and oxygen atoms in total. The molecule has 0 radical (unpaired) electrons. The maximum Gasteiger partial charge on any atom is 0.302 e. The van der Waals surface area contributed by atoms with Crippen molar-refractivity contribution in [1.82, 2.24) is 0 Å². The Bertz CT molecular complexity index is 378. The van der Waals surface area contributed by atoms with Gasteiger partial charge in [0.25, 0.3) is 0 Å². The lowest BCUT2D eigenvalue weighted by Gasteiger charge is -2.57.